The Morgan fingerprint density at radius 3 is 2.84 bits per heavy atom. The number of phenolic OH excluding ortho intramolecular Hbond substituents is 1. The van der Waals surface area contributed by atoms with Gasteiger partial charge in [0.2, 0.25) is 0 Å². The Balaban J connectivity index is 2.27. The lowest BCUT2D eigenvalue weighted by molar-refractivity contribution is 0.0187. The summed E-state index contributed by atoms with van der Waals surface area (Å²) in [7, 11) is 0. The van der Waals surface area contributed by atoms with Gasteiger partial charge in [0.25, 0.3) is 6.43 Å². The van der Waals surface area contributed by atoms with E-state index in [9.17, 15) is 13.9 Å². The van der Waals surface area contributed by atoms with Gasteiger partial charge in [-0.3, -0.25) is 0 Å². The highest BCUT2D eigenvalue weighted by molar-refractivity contribution is 5.41. The Labute approximate surface area is 111 Å². The predicted molar refractivity (Wildman–Crippen MR) is 67.8 cm³/mol. The molecule has 4 nitrogen and oxygen atoms in total. The van der Waals surface area contributed by atoms with Crippen LogP contribution in [0.3, 0.4) is 0 Å². The molecule has 0 saturated heterocycles. The number of aromatic hydroxyl groups is 1. The van der Waals surface area contributed by atoms with Gasteiger partial charge in [0.1, 0.15) is 6.61 Å². The molecule has 0 fully saturated rings. The number of rotatable bonds is 9. The van der Waals surface area contributed by atoms with Crippen LogP contribution in [0.15, 0.2) is 18.2 Å². The van der Waals surface area contributed by atoms with Crippen LogP contribution in [-0.4, -0.2) is 37.9 Å². The summed E-state index contributed by atoms with van der Waals surface area (Å²) in [5.41, 5.74) is 0.940. The number of alkyl halides is 2. The Morgan fingerprint density at radius 1 is 1.37 bits per heavy atom. The molecule has 0 atom stereocenters. The van der Waals surface area contributed by atoms with Gasteiger partial charge in [-0.1, -0.05) is 6.07 Å². The molecule has 2 N–H and O–H groups in total. The fourth-order valence-electron chi connectivity index (χ4n) is 1.49. The van der Waals surface area contributed by atoms with Crippen molar-refractivity contribution >= 4 is 0 Å². The zero-order valence-corrected chi connectivity index (χ0v) is 10.9. The van der Waals surface area contributed by atoms with Gasteiger partial charge in [0.15, 0.2) is 11.5 Å². The number of phenols is 1. The average Bonchev–Trinajstić information content (AvgIpc) is 2.37. The van der Waals surface area contributed by atoms with Crippen molar-refractivity contribution in [2.75, 3.05) is 26.4 Å². The van der Waals surface area contributed by atoms with E-state index in [0.717, 1.165) is 5.56 Å². The second kappa shape index (κ2) is 8.66. The Kier molecular flexibility index (Phi) is 7.14. The second-order valence-corrected chi connectivity index (χ2v) is 3.88. The van der Waals surface area contributed by atoms with E-state index in [1.54, 1.807) is 18.2 Å². The van der Waals surface area contributed by atoms with E-state index in [0.29, 0.717) is 25.4 Å². The summed E-state index contributed by atoms with van der Waals surface area (Å²) in [6, 6.07) is 5.08. The lowest BCUT2D eigenvalue weighted by Crippen LogP contribution is -2.20. The molecule has 0 heterocycles. The topological polar surface area (TPSA) is 50.7 Å². The van der Waals surface area contributed by atoms with Crippen LogP contribution in [0, 0.1) is 0 Å². The summed E-state index contributed by atoms with van der Waals surface area (Å²) in [4.78, 5) is 0. The van der Waals surface area contributed by atoms with E-state index in [2.05, 4.69) is 5.32 Å². The van der Waals surface area contributed by atoms with Crippen LogP contribution in [0.1, 0.15) is 12.5 Å². The van der Waals surface area contributed by atoms with Crippen LogP contribution in [0.2, 0.25) is 0 Å². The van der Waals surface area contributed by atoms with Crippen LogP contribution >= 0.6 is 0 Å². The number of hydrogen-bond acceptors (Lipinski definition) is 4. The fraction of sp³-hybridized carbons (Fsp3) is 0.538. The minimum Gasteiger partial charge on any atom is -0.504 e. The van der Waals surface area contributed by atoms with Crippen molar-refractivity contribution in [2.45, 2.75) is 19.9 Å². The van der Waals surface area contributed by atoms with Gasteiger partial charge in [-0.25, -0.2) is 8.78 Å². The van der Waals surface area contributed by atoms with Crippen LogP contribution in [-0.2, 0) is 11.3 Å². The summed E-state index contributed by atoms with van der Waals surface area (Å²) in [6.07, 6.45) is -2.43. The lowest BCUT2D eigenvalue weighted by Gasteiger charge is -2.09. The first kappa shape index (κ1) is 15.7. The highest BCUT2D eigenvalue weighted by Crippen LogP contribution is 2.26. The summed E-state index contributed by atoms with van der Waals surface area (Å²) in [5.74, 6) is 0.543. The predicted octanol–water partition coefficient (Wildman–Crippen LogP) is 2.16. The number of hydrogen-bond donors (Lipinski definition) is 2. The average molecular weight is 275 g/mol. The molecule has 0 aliphatic carbocycles. The maximum absolute atomic E-state index is 11.8. The number of halogens is 2. The van der Waals surface area contributed by atoms with E-state index in [1.165, 1.54) is 0 Å². The molecular weight excluding hydrogens is 256 g/mol. The zero-order valence-electron chi connectivity index (χ0n) is 10.9. The minimum absolute atomic E-state index is 0.103. The SMILES string of the molecule is CCOc1cc(CNCCOCC(F)F)ccc1O. The number of benzene rings is 1. The molecule has 1 rings (SSSR count). The summed E-state index contributed by atoms with van der Waals surface area (Å²) in [5, 5.41) is 12.6. The first-order valence-electron chi connectivity index (χ1n) is 6.14. The minimum atomic E-state index is -2.43. The molecule has 0 spiro atoms. The van der Waals surface area contributed by atoms with Crippen LogP contribution in [0.5, 0.6) is 11.5 Å². The molecular formula is C13H19F2NO3. The van der Waals surface area contributed by atoms with Crippen molar-refractivity contribution in [2.24, 2.45) is 0 Å². The quantitative estimate of drug-likeness (QED) is 0.678. The largest absolute Gasteiger partial charge is 0.504 e. The van der Waals surface area contributed by atoms with Gasteiger partial charge in [-0.05, 0) is 24.6 Å². The molecule has 0 saturated carbocycles. The van der Waals surface area contributed by atoms with Crippen molar-refractivity contribution in [1.82, 2.24) is 5.32 Å². The van der Waals surface area contributed by atoms with Crippen molar-refractivity contribution in [3.05, 3.63) is 23.8 Å². The number of nitrogens with one attached hydrogen (secondary N) is 1. The maximum Gasteiger partial charge on any atom is 0.261 e. The molecule has 0 unspecified atom stereocenters. The molecule has 0 aliphatic heterocycles. The molecule has 0 bridgehead atoms. The zero-order chi connectivity index (χ0) is 14.1. The van der Waals surface area contributed by atoms with E-state index in [-0.39, 0.29) is 12.4 Å². The Hall–Kier alpha value is -1.40. The molecule has 0 aromatic heterocycles. The van der Waals surface area contributed by atoms with Gasteiger partial charge < -0.3 is 19.9 Å². The molecule has 6 heteroatoms. The second-order valence-electron chi connectivity index (χ2n) is 3.88. The highest BCUT2D eigenvalue weighted by Gasteiger charge is 2.04. The van der Waals surface area contributed by atoms with Gasteiger partial charge in [-0.2, -0.15) is 0 Å². The van der Waals surface area contributed by atoms with Gasteiger partial charge in [-0.15, -0.1) is 0 Å². The molecule has 108 valence electrons. The lowest BCUT2D eigenvalue weighted by atomic mass is 10.2. The highest BCUT2D eigenvalue weighted by atomic mass is 19.3. The molecule has 19 heavy (non-hydrogen) atoms. The van der Waals surface area contributed by atoms with Crippen molar-refractivity contribution < 1.29 is 23.4 Å². The van der Waals surface area contributed by atoms with Crippen LogP contribution in [0.4, 0.5) is 8.78 Å². The Morgan fingerprint density at radius 2 is 2.16 bits per heavy atom. The van der Waals surface area contributed by atoms with Crippen LogP contribution in [0.25, 0.3) is 0 Å². The molecule has 0 aliphatic rings. The third kappa shape index (κ3) is 6.35. The summed E-state index contributed by atoms with van der Waals surface area (Å²) < 4.78 is 33.6. The van der Waals surface area contributed by atoms with E-state index in [1.807, 2.05) is 6.92 Å². The fourth-order valence-corrected chi connectivity index (χ4v) is 1.49. The normalized spacial score (nSPS) is 10.9. The molecule has 0 amide bonds. The molecule has 1 aromatic carbocycles. The summed E-state index contributed by atoms with van der Waals surface area (Å²) in [6.45, 7) is 3.06. The summed E-state index contributed by atoms with van der Waals surface area (Å²) >= 11 is 0. The molecule has 1 aromatic rings. The first-order chi connectivity index (χ1) is 9.13. The van der Waals surface area contributed by atoms with Crippen molar-refractivity contribution in [1.29, 1.82) is 0 Å². The van der Waals surface area contributed by atoms with E-state index in [4.69, 9.17) is 9.47 Å². The smallest absolute Gasteiger partial charge is 0.261 e. The van der Waals surface area contributed by atoms with Gasteiger partial charge >= 0.3 is 0 Å². The van der Waals surface area contributed by atoms with Crippen molar-refractivity contribution in [3.8, 4) is 11.5 Å². The molecule has 0 radical (unpaired) electrons. The standard InChI is InChI=1S/C13H19F2NO3/c1-2-19-12-7-10(3-4-11(12)17)8-16-5-6-18-9-13(14)15/h3-4,7,13,16-17H,2,5-6,8-9H2,1H3. The Bertz CT molecular complexity index is 375. The van der Waals surface area contributed by atoms with Gasteiger partial charge in [0.05, 0.1) is 13.2 Å². The third-order valence-corrected chi connectivity index (χ3v) is 2.32. The monoisotopic (exact) mass is 275 g/mol. The third-order valence-electron chi connectivity index (χ3n) is 2.32. The van der Waals surface area contributed by atoms with Crippen LogP contribution < -0.4 is 10.1 Å². The van der Waals surface area contributed by atoms with Crippen molar-refractivity contribution in [3.63, 3.8) is 0 Å². The first-order valence-corrected chi connectivity index (χ1v) is 6.14. The van der Waals surface area contributed by atoms with E-state index >= 15 is 0 Å². The number of ether oxygens (including phenoxy) is 2. The van der Waals surface area contributed by atoms with E-state index < -0.39 is 13.0 Å². The van der Waals surface area contributed by atoms with Gasteiger partial charge in [0, 0.05) is 13.1 Å². The maximum atomic E-state index is 11.8.